The van der Waals surface area contributed by atoms with Gasteiger partial charge in [0.2, 0.25) is 0 Å². The molecule has 102 valence electrons. The van der Waals surface area contributed by atoms with Crippen molar-refractivity contribution in [2.75, 3.05) is 11.1 Å². The maximum absolute atomic E-state index is 11.8. The van der Waals surface area contributed by atoms with Crippen LogP contribution in [0, 0.1) is 0 Å². The van der Waals surface area contributed by atoms with Crippen LogP contribution in [-0.2, 0) is 0 Å². The van der Waals surface area contributed by atoms with E-state index in [1.807, 2.05) is 18.2 Å². The van der Waals surface area contributed by atoms with Crippen LogP contribution in [0.25, 0.3) is 0 Å². The van der Waals surface area contributed by atoms with Gasteiger partial charge in [0, 0.05) is 5.56 Å². The predicted octanol–water partition coefficient (Wildman–Crippen LogP) is 1.90. The van der Waals surface area contributed by atoms with Crippen LogP contribution in [0.5, 0.6) is 0 Å². The lowest BCUT2D eigenvalue weighted by atomic mass is 10.2. The van der Waals surface area contributed by atoms with Gasteiger partial charge in [0.25, 0.3) is 5.91 Å². The van der Waals surface area contributed by atoms with Crippen LogP contribution in [-0.4, -0.2) is 11.0 Å². The van der Waals surface area contributed by atoms with Crippen LogP contribution < -0.4 is 21.9 Å². The number of thiocarbonyl (C=S) groups is 1. The van der Waals surface area contributed by atoms with Crippen LogP contribution in [0.1, 0.15) is 10.4 Å². The second-order valence-electron chi connectivity index (χ2n) is 3.99. The first-order valence-electron chi connectivity index (χ1n) is 5.93. The lowest BCUT2D eigenvalue weighted by Crippen LogP contribution is -2.43. The summed E-state index contributed by atoms with van der Waals surface area (Å²) in [4.78, 5) is 11.8. The van der Waals surface area contributed by atoms with Gasteiger partial charge in [-0.25, -0.2) is 0 Å². The molecule has 0 radical (unpaired) electrons. The number of hydrogen-bond donors (Lipinski definition) is 4. The molecule has 5 N–H and O–H groups in total. The van der Waals surface area contributed by atoms with Gasteiger partial charge < -0.3 is 11.1 Å². The van der Waals surface area contributed by atoms with Crippen molar-refractivity contribution >= 4 is 34.6 Å². The summed E-state index contributed by atoms with van der Waals surface area (Å²) < 4.78 is 0. The number of anilines is 2. The molecule has 1 amide bonds. The van der Waals surface area contributed by atoms with E-state index in [-0.39, 0.29) is 11.0 Å². The molecule has 0 saturated carbocycles. The summed E-state index contributed by atoms with van der Waals surface area (Å²) in [5.74, 6) is -0.268. The molecule has 5 nitrogen and oxygen atoms in total. The maximum Gasteiger partial charge on any atom is 0.269 e. The van der Waals surface area contributed by atoms with Crippen molar-refractivity contribution in [3.05, 3.63) is 60.2 Å². The minimum absolute atomic E-state index is 0.257. The zero-order chi connectivity index (χ0) is 14.4. The van der Waals surface area contributed by atoms with Crippen molar-refractivity contribution < 1.29 is 4.79 Å². The molecule has 0 fully saturated rings. The third kappa shape index (κ3) is 3.69. The smallest absolute Gasteiger partial charge is 0.269 e. The van der Waals surface area contributed by atoms with E-state index < -0.39 is 0 Å². The van der Waals surface area contributed by atoms with Crippen LogP contribution in [0.2, 0.25) is 0 Å². The number of carbonyl (C=O) groups excluding carboxylic acids is 1. The number of hydrazine groups is 1. The molecular weight excluding hydrogens is 272 g/mol. The lowest BCUT2D eigenvalue weighted by molar-refractivity contribution is 0.0944. The predicted molar refractivity (Wildman–Crippen MR) is 84.1 cm³/mol. The standard InChI is InChI=1S/C14H14N4OS/c15-11-8-4-5-9-12(11)16-14(20)18-17-13(19)10-6-2-1-3-7-10/h1-9H,15H2,(H,17,19)(H2,16,18,20). The monoisotopic (exact) mass is 286 g/mol. The molecule has 0 spiro atoms. The highest BCUT2D eigenvalue weighted by Gasteiger charge is 2.05. The van der Waals surface area contributed by atoms with Gasteiger partial charge in [0.1, 0.15) is 0 Å². The van der Waals surface area contributed by atoms with E-state index in [1.165, 1.54) is 0 Å². The van der Waals surface area contributed by atoms with Gasteiger partial charge >= 0.3 is 0 Å². The normalized spacial score (nSPS) is 9.60. The largest absolute Gasteiger partial charge is 0.397 e. The van der Waals surface area contributed by atoms with Crippen molar-refractivity contribution in [1.82, 2.24) is 10.9 Å². The molecule has 0 aliphatic carbocycles. The molecule has 2 rings (SSSR count). The fourth-order valence-corrected chi connectivity index (χ4v) is 1.70. The van der Waals surface area contributed by atoms with E-state index in [0.717, 1.165) is 0 Å². The van der Waals surface area contributed by atoms with Gasteiger partial charge in [-0.1, -0.05) is 30.3 Å². The zero-order valence-electron chi connectivity index (χ0n) is 10.6. The fourth-order valence-electron chi connectivity index (χ4n) is 1.54. The first kappa shape index (κ1) is 13.8. The average molecular weight is 286 g/mol. The molecule has 6 heteroatoms. The number of nitrogens with two attached hydrogens (primary N) is 1. The topological polar surface area (TPSA) is 79.2 Å². The van der Waals surface area contributed by atoms with Crippen molar-refractivity contribution in [2.45, 2.75) is 0 Å². The highest BCUT2D eigenvalue weighted by atomic mass is 32.1. The minimum atomic E-state index is -0.268. The first-order valence-corrected chi connectivity index (χ1v) is 6.34. The zero-order valence-corrected chi connectivity index (χ0v) is 11.4. The molecule has 0 unspecified atom stereocenters. The van der Waals surface area contributed by atoms with Crippen molar-refractivity contribution in [3.63, 3.8) is 0 Å². The number of carbonyl (C=O) groups is 1. The Kier molecular flexibility index (Phi) is 4.52. The van der Waals surface area contributed by atoms with Gasteiger partial charge in [-0.3, -0.25) is 15.6 Å². The Morgan fingerprint density at radius 2 is 1.60 bits per heavy atom. The van der Waals surface area contributed by atoms with Crippen molar-refractivity contribution in [1.29, 1.82) is 0 Å². The summed E-state index contributed by atoms with van der Waals surface area (Å²) in [6, 6.07) is 16.1. The highest BCUT2D eigenvalue weighted by Crippen LogP contribution is 2.16. The third-order valence-electron chi connectivity index (χ3n) is 2.53. The molecule has 0 atom stereocenters. The van der Waals surface area contributed by atoms with E-state index in [2.05, 4.69) is 16.2 Å². The second-order valence-corrected chi connectivity index (χ2v) is 4.39. The third-order valence-corrected chi connectivity index (χ3v) is 2.74. The Morgan fingerprint density at radius 3 is 2.30 bits per heavy atom. The molecule has 2 aromatic carbocycles. The number of benzene rings is 2. The molecule has 0 aliphatic rings. The van der Waals surface area contributed by atoms with E-state index >= 15 is 0 Å². The summed E-state index contributed by atoms with van der Waals surface area (Å²) in [5, 5.41) is 3.15. The number of amides is 1. The Morgan fingerprint density at radius 1 is 0.950 bits per heavy atom. The number of nitrogen functional groups attached to an aromatic ring is 1. The van der Waals surface area contributed by atoms with E-state index in [0.29, 0.717) is 16.9 Å². The molecule has 20 heavy (non-hydrogen) atoms. The number of rotatable bonds is 2. The summed E-state index contributed by atoms with van der Waals surface area (Å²) >= 11 is 5.07. The Bertz CT molecular complexity index is 616. The Hall–Kier alpha value is -2.60. The van der Waals surface area contributed by atoms with Crippen molar-refractivity contribution in [2.24, 2.45) is 0 Å². The lowest BCUT2D eigenvalue weighted by Gasteiger charge is -2.12. The molecule has 0 bridgehead atoms. The fraction of sp³-hybridized carbons (Fsp3) is 0. The molecule has 0 saturated heterocycles. The van der Waals surface area contributed by atoms with E-state index in [9.17, 15) is 4.79 Å². The highest BCUT2D eigenvalue weighted by molar-refractivity contribution is 7.80. The Labute approximate surface area is 122 Å². The molecule has 2 aromatic rings. The molecule has 0 aromatic heterocycles. The van der Waals surface area contributed by atoms with Crippen LogP contribution in [0.4, 0.5) is 11.4 Å². The number of para-hydroxylation sites is 2. The van der Waals surface area contributed by atoms with Crippen LogP contribution in [0.15, 0.2) is 54.6 Å². The average Bonchev–Trinajstić information content (AvgIpc) is 2.48. The number of nitrogens with one attached hydrogen (secondary N) is 3. The van der Waals surface area contributed by atoms with Crippen LogP contribution in [0.3, 0.4) is 0 Å². The molecule has 0 heterocycles. The summed E-state index contributed by atoms with van der Waals surface area (Å²) in [5.41, 5.74) is 12.7. The van der Waals surface area contributed by atoms with Crippen molar-refractivity contribution in [3.8, 4) is 0 Å². The van der Waals surface area contributed by atoms with E-state index in [4.69, 9.17) is 18.0 Å². The molecule has 0 aliphatic heterocycles. The van der Waals surface area contributed by atoms with Gasteiger partial charge in [-0.05, 0) is 36.5 Å². The van der Waals surface area contributed by atoms with Gasteiger partial charge in [0.05, 0.1) is 11.4 Å². The quantitative estimate of drug-likeness (QED) is 0.385. The van der Waals surface area contributed by atoms with E-state index in [1.54, 1.807) is 36.4 Å². The summed E-state index contributed by atoms with van der Waals surface area (Å²) in [7, 11) is 0. The summed E-state index contributed by atoms with van der Waals surface area (Å²) in [6.07, 6.45) is 0. The van der Waals surface area contributed by atoms with Gasteiger partial charge in [-0.15, -0.1) is 0 Å². The minimum Gasteiger partial charge on any atom is -0.397 e. The molecular formula is C14H14N4OS. The number of hydrogen-bond acceptors (Lipinski definition) is 3. The maximum atomic E-state index is 11.8. The first-order chi connectivity index (χ1) is 9.66. The van der Waals surface area contributed by atoms with Crippen LogP contribution >= 0.6 is 12.2 Å². The van der Waals surface area contributed by atoms with Gasteiger partial charge in [0.15, 0.2) is 5.11 Å². The second kappa shape index (κ2) is 6.53. The summed E-state index contributed by atoms with van der Waals surface area (Å²) in [6.45, 7) is 0. The van der Waals surface area contributed by atoms with Gasteiger partial charge in [-0.2, -0.15) is 0 Å². The Balaban J connectivity index is 1.87. The SMILES string of the molecule is Nc1ccccc1NC(=S)NNC(=O)c1ccccc1.